The van der Waals surface area contributed by atoms with E-state index in [1.807, 2.05) is 14.0 Å². The zero-order valence-corrected chi connectivity index (χ0v) is 4.68. The first-order chi connectivity index (χ1) is 3.31. The Hall–Kier alpha value is -0.570. The summed E-state index contributed by atoms with van der Waals surface area (Å²) in [5.74, 6) is 0. The predicted molar refractivity (Wildman–Crippen MR) is 31.2 cm³/mol. The van der Waals surface area contributed by atoms with Crippen molar-refractivity contribution in [3.05, 3.63) is 0 Å². The summed E-state index contributed by atoms with van der Waals surface area (Å²) in [6, 6.07) is 0. The third-order valence-corrected chi connectivity index (χ3v) is 0.727. The van der Waals surface area contributed by atoms with Gasteiger partial charge in [0.1, 0.15) is 0 Å². The van der Waals surface area contributed by atoms with Crippen LogP contribution < -0.4 is 11.1 Å². The highest BCUT2D eigenvalue weighted by atomic mass is 15.0. The highest BCUT2D eigenvalue weighted by Crippen LogP contribution is 1.74. The fourth-order valence-electron chi connectivity index (χ4n) is 0.204. The van der Waals surface area contributed by atoms with Crippen LogP contribution in [0, 0.1) is 0 Å². The van der Waals surface area contributed by atoms with E-state index in [0.717, 1.165) is 0 Å². The molecule has 0 bridgehead atoms. The van der Waals surface area contributed by atoms with Crippen LogP contribution in [0.4, 0.5) is 0 Å². The number of rotatable bonds is 2. The lowest BCUT2D eigenvalue weighted by Crippen LogP contribution is -2.19. The molecule has 3 nitrogen and oxygen atoms in total. The van der Waals surface area contributed by atoms with Crippen molar-refractivity contribution in [2.45, 2.75) is 13.1 Å². The molecule has 0 aromatic rings. The average Bonchev–Trinajstić information content (AvgIpc) is 1.68. The Bertz CT molecular complexity index is 60.0. The summed E-state index contributed by atoms with van der Waals surface area (Å²) in [7, 11) is 1.83. The number of hydrogen-bond donors (Lipinski definition) is 2. The maximum atomic E-state index is 4.97. The van der Waals surface area contributed by atoms with E-state index >= 15 is 0 Å². The van der Waals surface area contributed by atoms with Gasteiger partial charge in [-0.25, -0.2) is 0 Å². The molecule has 1 atom stereocenters. The van der Waals surface area contributed by atoms with Crippen molar-refractivity contribution in [3.63, 3.8) is 0 Å². The van der Waals surface area contributed by atoms with Gasteiger partial charge in [-0.2, -0.15) is 0 Å². The summed E-state index contributed by atoms with van der Waals surface area (Å²) in [4.78, 5) is 3.78. The van der Waals surface area contributed by atoms with Crippen LogP contribution >= 0.6 is 0 Å². The molecule has 0 aliphatic rings. The van der Waals surface area contributed by atoms with Crippen LogP contribution in [0.2, 0.25) is 0 Å². The molecule has 0 saturated carbocycles. The van der Waals surface area contributed by atoms with Crippen LogP contribution in [0.15, 0.2) is 4.99 Å². The molecule has 0 radical (unpaired) electrons. The average molecular weight is 101 g/mol. The van der Waals surface area contributed by atoms with Crippen molar-refractivity contribution in [1.29, 1.82) is 0 Å². The molecule has 0 fully saturated rings. The zero-order chi connectivity index (χ0) is 5.70. The van der Waals surface area contributed by atoms with Crippen molar-refractivity contribution in [1.82, 2.24) is 5.32 Å². The highest BCUT2D eigenvalue weighted by molar-refractivity contribution is 5.51. The lowest BCUT2D eigenvalue weighted by atomic mass is 10.6. The quantitative estimate of drug-likeness (QED) is 0.365. The molecule has 7 heavy (non-hydrogen) atoms. The molecule has 0 aliphatic heterocycles. The second-order valence-electron chi connectivity index (χ2n) is 1.26. The SMILES string of the molecule is CNC(C)N=CN. The van der Waals surface area contributed by atoms with Crippen LogP contribution in [-0.4, -0.2) is 19.6 Å². The van der Waals surface area contributed by atoms with Gasteiger partial charge in [0.15, 0.2) is 0 Å². The van der Waals surface area contributed by atoms with Crippen LogP contribution in [0.5, 0.6) is 0 Å². The van der Waals surface area contributed by atoms with Gasteiger partial charge in [0.25, 0.3) is 0 Å². The Morgan fingerprint density at radius 3 is 2.57 bits per heavy atom. The molecule has 3 heteroatoms. The standard InChI is InChI=1S/C4H11N3/c1-4(6-2)7-3-5/h3-4,6H,1-2H3,(H2,5,7). The minimum atomic E-state index is 0.144. The van der Waals surface area contributed by atoms with E-state index in [4.69, 9.17) is 5.73 Å². The van der Waals surface area contributed by atoms with Gasteiger partial charge in [0.2, 0.25) is 0 Å². The predicted octanol–water partition coefficient (Wildman–Crippen LogP) is -0.461. The molecule has 0 aromatic carbocycles. The largest absolute Gasteiger partial charge is 0.390 e. The van der Waals surface area contributed by atoms with Crippen molar-refractivity contribution in [2.75, 3.05) is 7.05 Å². The van der Waals surface area contributed by atoms with Crippen LogP contribution in [0.1, 0.15) is 6.92 Å². The Kier molecular flexibility index (Phi) is 3.32. The Morgan fingerprint density at radius 1 is 1.86 bits per heavy atom. The number of hydrogen-bond acceptors (Lipinski definition) is 2. The Balaban J connectivity index is 3.16. The molecule has 1 unspecified atom stereocenters. The monoisotopic (exact) mass is 101 g/mol. The second kappa shape index (κ2) is 3.61. The first kappa shape index (κ1) is 6.43. The maximum Gasteiger partial charge on any atom is 0.0980 e. The van der Waals surface area contributed by atoms with Gasteiger partial charge in [0, 0.05) is 0 Å². The third kappa shape index (κ3) is 3.26. The van der Waals surface area contributed by atoms with Gasteiger partial charge >= 0.3 is 0 Å². The number of nitrogens with one attached hydrogen (secondary N) is 1. The first-order valence-electron chi connectivity index (χ1n) is 2.22. The maximum absolute atomic E-state index is 4.97. The van der Waals surface area contributed by atoms with Gasteiger partial charge in [-0.15, -0.1) is 0 Å². The van der Waals surface area contributed by atoms with E-state index in [-0.39, 0.29) is 6.17 Å². The Labute approximate surface area is 43.6 Å². The topological polar surface area (TPSA) is 50.4 Å². The summed E-state index contributed by atoms with van der Waals surface area (Å²) in [5.41, 5.74) is 4.97. The lowest BCUT2D eigenvalue weighted by molar-refractivity contribution is 0.643. The molecule has 0 spiro atoms. The van der Waals surface area contributed by atoms with Crippen molar-refractivity contribution >= 4 is 6.34 Å². The molecular formula is C4H11N3. The molecule has 3 N–H and O–H groups in total. The normalized spacial score (nSPS) is 15.1. The minimum absolute atomic E-state index is 0.144. The first-order valence-corrected chi connectivity index (χ1v) is 2.22. The van der Waals surface area contributed by atoms with Crippen molar-refractivity contribution in [2.24, 2.45) is 10.7 Å². The minimum Gasteiger partial charge on any atom is -0.390 e. The molecule has 0 aromatic heterocycles. The molecule has 0 rings (SSSR count). The van der Waals surface area contributed by atoms with Crippen LogP contribution in [-0.2, 0) is 0 Å². The number of aliphatic imine (C=N–C) groups is 1. The van der Waals surface area contributed by atoms with Crippen molar-refractivity contribution < 1.29 is 0 Å². The highest BCUT2D eigenvalue weighted by Gasteiger charge is 1.84. The van der Waals surface area contributed by atoms with Crippen LogP contribution in [0.25, 0.3) is 0 Å². The lowest BCUT2D eigenvalue weighted by Gasteiger charge is -1.98. The smallest absolute Gasteiger partial charge is 0.0980 e. The summed E-state index contributed by atoms with van der Waals surface area (Å²) < 4.78 is 0. The fraction of sp³-hybridized carbons (Fsp3) is 0.750. The van der Waals surface area contributed by atoms with Gasteiger partial charge in [-0.3, -0.25) is 10.3 Å². The van der Waals surface area contributed by atoms with Gasteiger partial charge in [0.05, 0.1) is 12.5 Å². The van der Waals surface area contributed by atoms with Crippen LogP contribution in [0.3, 0.4) is 0 Å². The zero-order valence-electron chi connectivity index (χ0n) is 4.68. The molecular weight excluding hydrogens is 90.1 g/mol. The molecule has 0 amide bonds. The molecule has 0 aliphatic carbocycles. The summed E-state index contributed by atoms with van der Waals surface area (Å²) >= 11 is 0. The van der Waals surface area contributed by atoms with Gasteiger partial charge in [-0.05, 0) is 14.0 Å². The second-order valence-corrected chi connectivity index (χ2v) is 1.26. The van der Waals surface area contributed by atoms with Gasteiger partial charge in [-0.1, -0.05) is 0 Å². The number of nitrogens with two attached hydrogens (primary N) is 1. The Morgan fingerprint density at radius 2 is 2.43 bits per heavy atom. The van der Waals surface area contributed by atoms with Gasteiger partial charge < -0.3 is 5.73 Å². The molecule has 0 saturated heterocycles. The summed E-state index contributed by atoms with van der Waals surface area (Å²) in [6.45, 7) is 1.92. The van der Waals surface area contributed by atoms with E-state index < -0.39 is 0 Å². The van der Waals surface area contributed by atoms with E-state index in [9.17, 15) is 0 Å². The summed E-state index contributed by atoms with van der Waals surface area (Å²) in [6.07, 6.45) is 1.44. The van der Waals surface area contributed by atoms with E-state index in [2.05, 4.69) is 10.3 Å². The molecule has 42 valence electrons. The fourth-order valence-corrected chi connectivity index (χ4v) is 0.204. The summed E-state index contributed by atoms with van der Waals surface area (Å²) in [5, 5.41) is 2.89. The van der Waals surface area contributed by atoms with E-state index in [1.165, 1.54) is 6.34 Å². The third-order valence-electron chi connectivity index (χ3n) is 0.727. The van der Waals surface area contributed by atoms with Crippen molar-refractivity contribution in [3.8, 4) is 0 Å². The van der Waals surface area contributed by atoms with E-state index in [1.54, 1.807) is 0 Å². The molecule has 0 heterocycles. The van der Waals surface area contributed by atoms with E-state index in [0.29, 0.717) is 0 Å². The number of nitrogens with zero attached hydrogens (tertiary/aromatic N) is 1.